The number of benzene rings is 3. The van der Waals surface area contributed by atoms with Crippen molar-refractivity contribution in [2.75, 3.05) is 19.0 Å². The Morgan fingerprint density at radius 2 is 1.64 bits per heavy atom. The molecule has 1 aromatic heterocycles. The summed E-state index contributed by atoms with van der Waals surface area (Å²) < 4.78 is 0. The SMILES string of the molecule is CN(C)c1ccc(/C=N/NC(=O)c2c(Cl)c(Cl)c(Cl)c(Cl)c2-c2nc3ccccc3[nH]2)cc1. The van der Waals surface area contributed by atoms with E-state index in [1.165, 1.54) is 6.21 Å². The van der Waals surface area contributed by atoms with E-state index in [2.05, 4.69) is 20.5 Å². The van der Waals surface area contributed by atoms with Crippen LogP contribution in [0.2, 0.25) is 20.1 Å². The van der Waals surface area contributed by atoms with Gasteiger partial charge in [0.25, 0.3) is 5.91 Å². The highest BCUT2D eigenvalue weighted by Crippen LogP contribution is 2.45. The van der Waals surface area contributed by atoms with E-state index in [0.29, 0.717) is 11.3 Å². The first kappa shape index (κ1) is 23.4. The fraction of sp³-hybridized carbons (Fsp3) is 0.0870. The molecule has 0 bridgehead atoms. The number of rotatable bonds is 5. The smallest absolute Gasteiger partial charge is 0.273 e. The predicted molar refractivity (Wildman–Crippen MR) is 137 cm³/mol. The topological polar surface area (TPSA) is 73.4 Å². The number of hydrogen-bond acceptors (Lipinski definition) is 4. The van der Waals surface area contributed by atoms with E-state index >= 15 is 0 Å². The normalized spacial score (nSPS) is 11.3. The van der Waals surface area contributed by atoms with E-state index in [1.54, 1.807) is 0 Å². The van der Waals surface area contributed by atoms with E-state index < -0.39 is 5.91 Å². The minimum atomic E-state index is -0.614. The lowest BCUT2D eigenvalue weighted by atomic mass is 10.1. The molecule has 0 unspecified atom stereocenters. The molecule has 0 aliphatic rings. The number of carbonyl (C=O) groups excluding carboxylic acids is 1. The first-order chi connectivity index (χ1) is 15.8. The molecule has 4 rings (SSSR count). The molecule has 0 aliphatic carbocycles. The van der Waals surface area contributed by atoms with Crippen molar-refractivity contribution in [3.05, 3.63) is 79.7 Å². The summed E-state index contributed by atoms with van der Waals surface area (Å²) in [6.45, 7) is 0. The summed E-state index contributed by atoms with van der Waals surface area (Å²) >= 11 is 25.4. The zero-order chi connectivity index (χ0) is 23.7. The Morgan fingerprint density at radius 3 is 2.30 bits per heavy atom. The number of aromatic nitrogens is 2. The number of hydrogen-bond donors (Lipinski definition) is 2. The number of anilines is 1. The van der Waals surface area contributed by atoms with Crippen molar-refractivity contribution in [1.29, 1.82) is 0 Å². The Hall–Kier alpha value is -2.77. The fourth-order valence-electron chi connectivity index (χ4n) is 3.22. The molecule has 6 nitrogen and oxygen atoms in total. The average Bonchev–Trinajstić information content (AvgIpc) is 3.23. The standard InChI is InChI=1S/C23H17Cl4N5O/c1-32(2)13-9-7-12(8-10-13)11-28-31-23(33)17-16(18(24)20(26)21(27)19(17)25)22-29-14-5-3-4-6-15(14)30-22/h3-11H,1-2H3,(H,29,30)(H,31,33)/b28-11+. The summed E-state index contributed by atoms with van der Waals surface area (Å²) in [5.74, 6) is -0.285. The van der Waals surface area contributed by atoms with Gasteiger partial charge in [-0.2, -0.15) is 5.10 Å². The molecule has 1 amide bonds. The van der Waals surface area contributed by atoms with Gasteiger partial charge < -0.3 is 9.88 Å². The van der Waals surface area contributed by atoms with Gasteiger partial charge in [0.1, 0.15) is 5.82 Å². The van der Waals surface area contributed by atoms with Crippen molar-refractivity contribution >= 4 is 75.2 Å². The molecule has 0 spiro atoms. The van der Waals surface area contributed by atoms with Crippen molar-refractivity contribution in [1.82, 2.24) is 15.4 Å². The number of fused-ring (bicyclic) bond motifs is 1. The molecular weight excluding hydrogens is 504 g/mol. The largest absolute Gasteiger partial charge is 0.378 e. The minimum absolute atomic E-state index is 0.00947. The van der Waals surface area contributed by atoms with Crippen LogP contribution in [0.5, 0.6) is 0 Å². The third-order valence-corrected chi connectivity index (χ3v) is 6.71. The Kier molecular flexibility index (Phi) is 6.81. The molecule has 0 atom stereocenters. The van der Waals surface area contributed by atoms with Crippen molar-refractivity contribution in [2.24, 2.45) is 5.10 Å². The highest BCUT2D eigenvalue weighted by molar-refractivity contribution is 6.54. The monoisotopic (exact) mass is 519 g/mol. The van der Waals surface area contributed by atoms with Crippen LogP contribution in [0.3, 0.4) is 0 Å². The van der Waals surface area contributed by atoms with Crippen molar-refractivity contribution in [3.8, 4) is 11.4 Å². The van der Waals surface area contributed by atoms with Gasteiger partial charge in [0, 0.05) is 19.8 Å². The lowest BCUT2D eigenvalue weighted by molar-refractivity contribution is 0.0956. The molecule has 0 radical (unpaired) electrons. The number of imidazole rings is 1. The van der Waals surface area contributed by atoms with Crippen LogP contribution in [0.1, 0.15) is 15.9 Å². The molecule has 0 saturated heterocycles. The van der Waals surface area contributed by atoms with Crippen molar-refractivity contribution < 1.29 is 4.79 Å². The fourth-order valence-corrected chi connectivity index (χ4v) is 4.25. The van der Waals surface area contributed by atoms with Crippen LogP contribution in [0.25, 0.3) is 22.4 Å². The summed E-state index contributed by atoms with van der Waals surface area (Å²) in [4.78, 5) is 22.8. The molecule has 2 N–H and O–H groups in total. The number of aromatic amines is 1. The average molecular weight is 521 g/mol. The molecular formula is C23H17Cl4N5O. The lowest BCUT2D eigenvalue weighted by Gasteiger charge is -2.14. The second-order valence-electron chi connectivity index (χ2n) is 7.29. The molecule has 10 heteroatoms. The van der Waals surface area contributed by atoms with Gasteiger partial charge in [0.15, 0.2) is 0 Å². The summed E-state index contributed by atoms with van der Waals surface area (Å²) in [5, 5.41) is 4.05. The third-order valence-electron chi connectivity index (χ3n) is 4.91. The number of hydrazone groups is 1. The number of para-hydroxylation sites is 2. The zero-order valence-corrected chi connectivity index (χ0v) is 20.5. The zero-order valence-electron chi connectivity index (χ0n) is 17.5. The predicted octanol–water partition coefficient (Wildman–Crippen LogP) is 6.67. The quantitative estimate of drug-likeness (QED) is 0.133. The maximum Gasteiger partial charge on any atom is 0.273 e. The summed E-state index contributed by atoms with van der Waals surface area (Å²) in [7, 11) is 3.91. The minimum Gasteiger partial charge on any atom is -0.378 e. The highest BCUT2D eigenvalue weighted by Gasteiger charge is 2.27. The molecule has 33 heavy (non-hydrogen) atoms. The van der Waals surface area contributed by atoms with Crippen LogP contribution in [-0.4, -0.2) is 36.2 Å². The molecule has 168 valence electrons. The van der Waals surface area contributed by atoms with Crippen LogP contribution < -0.4 is 10.3 Å². The van der Waals surface area contributed by atoms with Gasteiger partial charge in [0.05, 0.1) is 48.5 Å². The summed E-state index contributed by atoms with van der Waals surface area (Å²) in [5.41, 5.74) is 6.02. The van der Waals surface area contributed by atoms with Gasteiger partial charge in [-0.3, -0.25) is 4.79 Å². The van der Waals surface area contributed by atoms with Crippen LogP contribution >= 0.6 is 46.4 Å². The number of amides is 1. The molecule has 0 saturated carbocycles. The lowest BCUT2D eigenvalue weighted by Crippen LogP contribution is -2.20. The number of H-pyrrole nitrogens is 1. The van der Waals surface area contributed by atoms with Gasteiger partial charge in [-0.25, -0.2) is 10.4 Å². The molecule has 0 fully saturated rings. The molecule has 0 aliphatic heterocycles. The van der Waals surface area contributed by atoms with Gasteiger partial charge in [-0.15, -0.1) is 0 Å². The maximum atomic E-state index is 13.1. The third kappa shape index (κ3) is 4.66. The van der Waals surface area contributed by atoms with E-state index in [-0.39, 0.29) is 31.2 Å². The Bertz CT molecular complexity index is 1350. The highest BCUT2D eigenvalue weighted by atomic mass is 35.5. The van der Waals surface area contributed by atoms with Crippen LogP contribution in [0.15, 0.2) is 53.6 Å². The number of nitrogens with zero attached hydrogens (tertiary/aromatic N) is 3. The number of halogens is 4. The summed E-state index contributed by atoms with van der Waals surface area (Å²) in [6.07, 6.45) is 1.52. The van der Waals surface area contributed by atoms with E-state index in [4.69, 9.17) is 46.4 Å². The van der Waals surface area contributed by atoms with Crippen LogP contribution in [0, 0.1) is 0 Å². The van der Waals surface area contributed by atoms with E-state index in [9.17, 15) is 4.79 Å². The van der Waals surface area contributed by atoms with Crippen LogP contribution in [0.4, 0.5) is 5.69 Å². The Labute approximate surface area is 210 Å². The van der Waals surface area contributed by atoms with Gasteiger partial charge in [-0.05, 0) is 29.8 Å². The molecule has 4 aromatic rings. The van der Waals surface area contributed by atoms with Gasteiger partial charge >= 0.3 is 0 Å². The van der Waals surface area contributed by atoms with Gasteiger partial charge in [0.2, 0.25) is 0 Å². The second kappa shape index (κ2) is 9.61. The van der Waals surface area contributed by atoms with E-state index in [1.807, 2.05) is 67.5 Å². The maximum absolute atomic E-state index is 13.1. The molecule has 3 aromatic carbocycles. The van der Waals surface area contributed by atoms with Gasteiger partial charge in [-0.1, -0.05) is 70.7 Å². The Morgan fingerprint density at radius 1 is 0.970 bits per heavy atom. The Balaban J connectivity index is 1.71. The molecule has 1 heterocycles. The summed E-state index contributed by atoms with van der Waals surface area (Å²) in [6, 6.07) is 15.0. The van der Waals surface area contributed by atoms with Crippen molar-refractivity contribution in [3.63, 3.8) is 0 Å². The second-order valence-corrected chi connectivity index (χ2v) is 8.81. The van der Waals surface area contributed by atoms with Crippen molar-refractivity contribution in [2.45, 2.75) is 0 Å². The number of nitrogens with one attached hydrogen (secondary N) is 2. The first-order valence-electron chi connectivity index (χ1n) is 9.69. The van der Waals surface area contributed by atoms with Crippen LogP contribution in [-0.2, 0) is 0 Å². The first-order valence-corrected chi connectivity index (χ1v) is 11.2. The van der Waals surface area contributed by atoms with E-state index in [0.717, 1.165) is 16.8 Å². The number of carbonyl (C=O) groups is 1.